The standard InChI is InChI=1S/C19H17Cl2NO6/c1-10(23)28-17-12(9-13(20)16(24)15(17)21)18(25)22-14(19(26)27-2)8-11-6-4-3-5-7-11/h3-7,9,14,24H,8H2,1-2H3,(H,22,25)/t14-/m1/s1. The molecule has 2 N–H and O–H groups in total. The van der Waals surface area contributed by atoms with E-state index >= 15 is 0 Å². The number of amides is 1. The molecule has 2 aromatic rings. The van der Waals surface area contributed by atoms with E-state index in [0.29, 0.717) is 0 Å². The second-order valence-electron chi connectivity index (χ2n) is 5.73. The van der Waals surface area contributed by atoms with Crippen LogP contribution in [0.3, 0.4) is 0 Å². The van der Waals surface area contributed by atoms with Gasteiger partial charge in [-0.2, -0.15) is 0 Å². The summed E-state index contributed by atoms with van der Waals surface area (Å²) in [6.07, 6.45) is 0.168. The van der Waals surface area contributed by atoms with Crippen LogP contribution in [0.15, 0.2) is 36.4 Å². The maximum Gasteiger partial charge on any atom is 0.328 e. The van der Waals surface area contributed by atoms with E-state index in [9.17, 15) is 19.5 Å². The predicted molar refractivity (Wildman–Crippen MR) is 103 cm³/mol. The molecule has 0 spiro atoms. The minimum atomic E-state index is -1.02. The van der Waals surface area contributed by atoms with Crippen molar-refractivity contribution in [1.82, 2.24) is 5.32 Å². The molecular weight excluding hydrogens is 409 g/mol. The molecule has 0 aromatic heterocycles. The number of benzene rings is 2. The summed E-state index contributed by atoms with van der Waals surface area (Å²) in [6.45, 7) is 1.11. The molecule has 1 atom stereocenters. The number of methoxy groups -OCH3 is 1. The fourth-order valence-corrected chi connectivity index (χ4v) is 2.92. The molecule has 0 aliphatic heterocycles. The van der Waals surface area contributed by atoms with E-state index in [-0.39, 0.29) is 22.8 Å². The molecule has 28 heavy (non-hydrogen) atoms. The molecule has 2 aromatic carbocycles. The number of ether oxygens (including phenoxy) is 2. The average molecular weight is 426 g/mol. The van der Waals surface area contributed by atoms with Crippen molar-refractivity contribution >= 4 is 41.0 Å². The molecule has 0 saturated carbocycles. The highest BCUT2D eigenvalue weighted by molar-refractivity contribution is 6.39. The highest BCUT2D eigenvalue weighted by atomic mass is 35.5. The van der Waals surface area contributed by atoms with Crippen LogP contribution in [-0.4, -0.2) is 36.1 Å². The molecule has 0 radical (unpaired) electrons. The zero-order valence-electron chi connectivity index (χ0n) is 15.0. The molecule has 0 unspecified atom stereocenters. The Morgan fingerprint density at radius 2 is 1.82 bits per heavy atom. The number of hydrogen-bond acceptors (Lipinski definition) is 6. The number of esters is 2. The topological polar surface area (TPSA) is 102 Å². The minimum Gasteiger partial charge on any atom is -0.505 e. The Hall–Kier alpha value is -2.77. The third-order valence-corrected chi connectivity index (χ3v) is 4.35. The first kappa shape index (κ1) is 21.5. The maximum absolute atomic E-state index is 12.8. The van der Waals surface area contributed by atoms with Gasteiger partial charge in [0.15, 0.2) is 11.5 Å². The molecule has 7 nitrogen and oxygen atoms in total. The number of hydrogen-bond donors (Lipinski definition) is 2. The Morgan fingerprint density at radius 3 is 2.39 bits per heavy atom. The lowest BCUT2D eigenvalue weighted by atomic mass is 10.1. The molecule has 9 heteroatoms. The second kappa shape index (κ2) is 9.43. The van der Waals surface area contributed by atoms with Gasteiger partial charge < -0.3 is 19.9 Å². The van der Waals surface area contributed by atoms with E-state index in [1.165, 1.54) is 7.11 Å². The molecule has 148 valence electrons. The molecule has 2 rings (SSSR count). The minimum absolute atomic E-state index is 0.168. The van der Waals surface area contributed by atoms with Crippen molar-refractivity contribution < 1.29 is 29.0 Å². The highest BCUT2D eigenvalue weighted by Gasteiger charge is 2.27. The first-order chi connectivity index (χ1) is 13.2. The van der Waals surface area contributed by atoms with Crippen molar-refractivity contribution in [3.8, 4) is 11.5 Å². The molecule has 0 saturated heterocycles. The zero-order valence-corrected chi connectivity index (χ0v) is 16.5. The Kier molecular flexibility index (Phi) is 7.25. The summed E-state index contributed by atoms with van der Waals surface area (Å²) in [7, 11) is 1.20. The van der Waals surface area contributed by atoms with Crippen molar-refractivity contribution in [1.29, 1.82) is 0 Å². The number of rotatable bonds is 6. The predicted octanol–water partition coefficient (Wildman–Crippen LogP) is 3.14. The monoisotopic (exact) mass is 425 g/mol. The smallest absolute Gasteiger partial charge is 0.328 e. The molecule has 0 fully saturated rings. The van der Waals surface area contributed by atoms with Crippen LogP contribution in [0.1, 0.15) is 22.8 Å². The third kappa shape index (κ3) is 5.15. The lowest BCUT2D eigenvalue weighted by molar-refractivity contribution is -0.142. The van der Waals surface area contributed by atoms with Gasteiger partial charge in [0.25, 0.3) is 5.91 Å². The largest absolute Gasteiger partial charge is 0.505 e. The van der Waals surface area contributed by atoms with Gasteiger partial charge in [0.2, 0.25) is 0 Å². The van der Waals surface area contributed by atoms with Crippen LogP contribution in [0.2, 0.25) is 10.0 Å². The van der Waals surface area contributed by atoms with Crippen molar-refractivity contribution in [3.63, 3.8) is 0 Å². The van der Waals surface area contributed by atoms with Crippen LogP contribution in [0.5, 0.6) is 11.5 Å². The Bertz CT molecular complexity index is 901. The van der Waals surface area contributed by atoms with E-state index in [1.54, 1.807) is 24.3 Å². The Labute approximate surface area is 171 Å². The summed E-state index contributed by atoms with van der Waals surface area (Å²) >= 11 is 11.8. The fourth-order valence-electron chi connectivity index (χ4n) is 2.42. The second-order valence-corrected chi connectivity index (χ2v) is 6.52. The van der Waals surface area contributed by atoms with E-state index in [1.807, 2.05) is 6.07 Å². The van der Waals surface area contributed by atoms with Crippen molar-refractivity contribution in [3.05, 3.63) is 57.6 Å². The van der Waals surface area contributed by atoms with Gasteiger partial charge in [0, 0.05) is 13.3 Å². The average Bonchev–Trinajstić information content (AvgIpc) is 2.67. The van der Waals surface area contributed by atoms with Crippen LogP contribution in [0.4, 0.5) is 0 Å². The number of aromatic hydroxyl groups is 1. The van der Waals surface area contributed by atoms with Gasteiger partial charge in [-0.3, -0.25) is 9.59 Å². The number of phenols is 1. The summed E-state index contributed by atoms with van der Waals surface area (Å²) in [5, 5.41) is 11.7. The maximum atomic E-state index is 12.8. The van der Waals surface area contributed by atoms with Gasteiger partial charge in [-0.05, 0) is 11.6 Å². The summed E-state index contributed by atoms with van der Waals surface area (Å²) in [5.74, 6) is -3.11. The summed E-state index contributed by atoms with van der Waals surface area (Å²) in [4.78, 5) is 36.2. The molecule has 0 bridgehead atoms. The van der Waals surface area contributed by atoms with Crippen LogP contribution in [0.25, 0.3) is 0 Å². The van der Waals surface area contributed by atoms with Crippen molar-refractivity contribution in [2.45, 2.75) is 19.4 Å². The van der Waals surface area contributed by atoms with E-state index in [2.05, 4.69) is 5.32 Å². The van der Waals surface area contributed by atoms with Crippen LogP contribution in [-0.2, 0) is 20.7 Å². The van der Waals surface area contributed by atoms with Gasteiger partial charge in [0.1, 0.15) is 11.1 Å². The molecule has 0 aliphatic rings. The lowest BCUT2D eigenvalue weighted by Gasteiger charge is -2.18. The molecule has 1 amide bonds. The summed E-state index contributed by atoms with van der Waals surface area (Å²) in [5.41, 5.74) is 0.574. The first-order valence-electron chi connectivity index (χ1n) is 8.06. The number of nitrogens with one attached hydrogen (secondary N) is 1. The lowest BCUT2D eigenvalue weighted by Crippen LogP contribution is -2.43. The first-order valence-corrected chi connectivity index (χ1v) is 8.82. The third-order valence-electron chi connectivity index (χ3n) is 3.71. The molecular formula is C19H17Cl2NO6. The number of phenolic OH excluding ortho intramolecular Hbond substituents is 1. The van der Waals surface area contributed by atoms with Crippen LogP contribution >= 0.6 is 23.2 Å². The fraction of sp³-hybridized carbons (Fsp3) is 0.211. The molecule has 0 heterocycles. The van der Waals surface area contributed by atoms with Crippen LogP contribution in [0, 0.1) is 0 Å². The number of carbonyl (C=O) groups is 3. The van der Waals surface area contributed by atoms with Crippen LogP contribution < -0.4 is 10.1 Å². The SMILES string of the molecule is COC(=O)[C@@H](Cc1ccccc1)NC(=O)c1cc(Cl)c(O)c(Cl)c1OC(C)=O. The van der Waals surface area contributed by atoms with Gasteiger partial charge in [-0.15, -0.1) is 0 Å². The number of carbonyl (C=O) groups excluding carboxylic acids is 3. The number of halogens is 2. The van der Waals surface area contributed by atoms with E-state index in [0.717, 1.165) is 18.6 Å². The Balaban J connectivity index is 2.37. The highest BCUT2D eigenvalue weighted by Crippen LogP contribution is 2.41. The normalized spacial score (nSPS) is 11.4. The zero-order chi connectivity index (χ0) is 20.8. The van der Waals surface area contributed by atoms with Crippen molar-refractivity contribution in [2.24, 2.45) is 0 Å². The summed E-state index contributed by atoms with van der Waals surface area (Å²) in [6, 6.07) is 9.07. The van der Waals surface area contributed by atoms with E-state index < -0.39 is 34.7 Å². The van der Waals surface area contributed by atoms with Gasteiger partial charge in [-0.25, -0.2) is 4.79 Å². The Morgan fingerprint density at radius 1 is 1.18 bits per heavy atom. The van der Waals surface area contributed by atoms with Gasteiger partial charge in [0.05, 0.1) is 17.7 Å². The molecule has 0 aliphatic carbocycles. The summed E-state index contributed by atoms with van der Waals surface area (Å²) < 4.78 is 9.70. The van der Waals surface area contributed by atoms with E-state index in [4.69, 9.17) is 32.7 Å². The quantitative estimate of drug-likeness (QED) is 0.544. The van der Waals surface area contributed by atoms with Gasteiger partial charge in [-0.1, -0.05) is 53.5 Å². The van der Waals surface area contributed by atoms with Crippen molar-refractivity contribution in [2.75, 3.05) is 7.11 Å². The van der Waals surface area contributed by atoms with Gasteiger partial charge >= 0.3 is 11.9 Å².